The van der Waals surface area contributed by atoms with Gasteiger partial charge < -0.3 is 14.3 Å². The molecular formula is C28H29NO5S. The predicted molar refractivity (Wildman–Crippen MR) is 139 cm³/mol. The minimum absolute atomic E-state index is 0.0879. The maximum Gasteiger partial charge on any atom is 0.265 e. The van der Waals surface area contributed by atoms with Gasteiger partial charge in [0.05, 0.1) is 12.7 Å². The van der Waals surface area contributed by atoms with Crippen molar-refractivity contribution in [3.05, 3.63) is 96.3 Å². The Bertz CT molecular complexity index is 1410. The Labute approximate surface area is 205 Å². The van der Waals surface area contributed by atoms with Crippen molar-refractivity contribution in [2.45, 2.75) is 37.2 Å². The van der Waals surface area contributed by atoms with Gasteiger partial charge in [-0.3, -0.25) is 4.72 Å². The van der Waals surface area contributed by atoms with Gasteiger partial charge in [-0.2, -0.15) is 0 Å². The molecule has 0 bridgehead atoms. The number of ether oxygens (including phenoxy) is 1. The van der Waals surface area contributed by atoms with E-state index in [1.54, 1.807) is 54.6 Å². The summed E-state index contributed by atoms with van der Waals surface area (Å²) in [4.78, 5) is 0.0879. The summed E-state index contributed by atoms with van der Waals surface area (Å²) in [5.74, 6) is 0.857. The molecule has 1 heterocycles. The third-order valence-corrected chi connectivity index (χ3v) is 6.95. The highest BCUT2D eigenvalue weighted by Gasteiger charge is 2.20. The number of aliphatic hydroxyl groups is 1. The highest BCUT2D eigenvalue weighted by Crippen LogP contribution is 2.27. The van der Waals surface area contributed by atoms with E-state index in [-0.39, 0.29) is 4.90 Å². The predicted octanol–water partition coefficient (Wildman–Crippen LogP) is 6.03. The number of hydrogen-bond donors (Lipinski definition) is 2. The van der Waals surface area contributed by atoms with Gasteiger partial charge in [0.1, 0.15) is 22.5 Å². The summed E-state index contributed by atoms with van der Waals surface area (Å²) in [6.45, 7) is 2.52. The second-order valence-corrected chi connectivity index (χ2v) is 9.90. The number of rotatable bonds is 11. The lowest BCUT2D eigenvalue weighted by Crippen LogP contribution is -2.12. The summed E-state index contributed by atoms with van der Waals surface area (Å²) >= 11 is 0. The molecule has 2 N–H and O–H groups in total. The van der Waals surface area contributed by atoms with Crippen LogP contribution in [0.1, 0.15) is 30.9 Å². The number of sulfonamides is 1. The minimum Gasteiger partial charge on any atom is -0.493 e. The molecule has 0 radical (unpaired) electrons. The Hall–Kier alpha value is -3.55. The first-order chi connectivity index (χ1) is 17.0. The van der Waals surface area contributed by atoms with E-state index in [9.17, 15) is 13.5 Å². The molecule has 4 aromatic rings. The number of aliphatic hydroxyl groups excluding tert-OH is 1. The van der Waals surface area contributed by atoms with Crippen molar-refractivity contribution >= 4 is 32.8 Å². The minimum atomic E-state index is -3.82. The first kappa shape index (κ1) is 24.6. The molecule has 182 valence electrons. The fourth-order valence-electron chi connectivity index (χ4n) is 3.81. The molecule has 0 saturated heterocycles. The number of nitrogens with one attached hydrogen (secondary N) is 1. The fraction of sp³-hybridized carbons (Fsp3) is 0.214. The SMILES string of the molecule is CCCc1ccccc1OCC[C@@H](O)/C=C/c1cccc(NS(=O)(=O)c2coc3ccccc23)c1. The van der Waals surface area contributed by atoms with Crippen LogP contribution in [0.15, 0.2) is 94.4 Å². The Morgan fingerprint density at radius 2 is 1.86 bits per heavy atom. The van der Waals surface area contributed by atoms with Crippen molar-refractivity contribution in [2.75, 3.05) is 11.3 Å². The summed E-state index contributed by atoms with van der Waals surface area (Å²) in [6, 6.07) is 21.9. The van der Waals surface area contributed by atoms with E-state index >= 15 is 0 Å². The second kappa shape index (κ2) is 11.3. The molecule has 1 aromatic heterocycles. The van der Waals surface area contributed by atoms with Crippen LogP contribution < -0.4 is 9.46 Å². The van der Waals surface area contributed by atoms with Crippen LogP contribution in [0.5, 0.6) is 5.75 Å². The van der Waals surface area contributed by atoms with Crippen LogP contribution in [0.3, 0.4) is 0 Å². The summed E-state index contributed by atoms with van der Waals surface area (Å²) in [5.41, 5.74) is 2.86. The van der Waals surface area contributed by atoms with Crippen LogP contribution in [0.2, 0.25) is 0 Å². The van der Waals surface area contributed by atoms with Gasteiger partial charge >= 0.3 is 0 Å². The molecule has 0 unspecified atom stereocenters. The first-order valence-electron chi connectivity index (χ1n) is 11.6. The lowest BCUT2D eigenvalue weighted by Gasteiger charge is -2.12. The van der Waals surface area contributed by atoms with Crippen LogP contribution in [0.4, 0.5) is 5.69 Å². The molecule has 0 amide bonds. The fourth-order valence-corrected chi connectivity index (χ4v) is 4.99. The third-order valence-electron chi connectivity index (χ3n) is 5.55. The topological polar surface area (TPSA) is 88.8 Å². The van der Waals surface area contributed by atoms with Crippen molar-refractivity contribution in [2.24, 2.45) is 0 Å². The molecule has 4 rings (SSSR count). The molecule has 6 nitrogen and oxygen atoms in total. The average molecular weight is 492 g/mol. The zero-order chi connectivity index (χ0) is 24.7. The van der Waals surface area contributed by atoms with E-state index < -0.39 is 16.1 Å². The maximum atomic E-state index is 12.9. The Balaban J connectivity index is 1.36. The smallest absolute Gasteiger partial charge is 0.265 e. The molecule has 0 aliphatic rings. The Morgan fingerprint density at radius 3 is 2.71 bits per heavy atom. The van der Waals surface area contributed by atoms with Crippen molar-refractivity contribution in [1.82, 2.24) is 0 Å². The van der Waals surface area contributed by atoms with Crippen molar-refractivity contribution in [3.8, 4) is 5.75 Å². The summed E-state index contributed by atoms with van der Waals surface area (Å²) in [5, 5.41) is 10.9. The molecule has 0 aliphatic carbocycles. The number of fused-ring (bicyclic) bond motifs is 1. The van der Waals surface area contributed by atoms with Gasteiger partial charge in [-0.15, -0.1) is 0 Å². The van der Waals surface area contributed by atoms with E-state index in [0.29, 0.717) is 29.7 Å². The third kappa shape index (κ3) is 6.32. The molecule has 0 fully saturated rings. The van der Waals surface area contributed by atoms with Gasteiger partial charge in [0.15, 0.2) is 0 Å². The van der Waals surface area contributed by atoms with Gasteiger partial charge in [-0.05, 0) is 47.9 Å². The van der Waals surface area contributed by atoms with E-state index in [0.717, 1.165) is 24.2 Å². The first-order valence-corrected chi connectivity index (χ1v) is 13.1. The molecular weight excluding hydrogens is 462 g/mol. The molecule has 35 heavy (non-hydrogen) atoms. The molecule has 0 spiro atoms. The molecule has 7 heteroatoms. The van der Waals surface area contributed by atoms with E-state index in [2.05, 4.69) is 17.7 Å². The lowest BCUT2D eigenvalue weighted by molar-refractivity contribution is 0.178. The van der Waals surface area contributed by atoms with Crippen LogP contribution in [-0.4, -0.2) is 26.2 Å². The van der Waals surface area contributed by atoms with Crippen molar-refractivity contribution in [3.63, 3.8) is 0 Å². The number of benzene rings is 3. The highest BCUT2D eigenvalue weighted by atomic mass is 32.2. The van der Waals surface area contributed by atoms with Gasteiger partial charge in [-0.25, -0.2) is 8.42 Å². The quantitative estimate of drug-likeness (QED) is 0.267. The highest BCUT2D eigenvalue weighted by molar-refractivity contribution is 7.93. The summed E-state index contributed by atoms with van der Waals surface area (Å²) < 4.78 is 39.7. The van der Waals surface area contributed by atoms with Crippen LogP contribution in [-0.2, 0) is 16.4 Å². The lowest BCUT2D eigenvalue weighted by atomic mass is 10.1. The zero-order valence-electron chi connectivity index (χ0n) is 19.6. The van der Waals surface area contributed by atoms with Crippen molar-refractivity contribution in [1.29, 1.82) is 0 Å². The van der Waals surface area contributed by atoms with Gasteiger partial charge in [0, 0.05) is 17.5 Å². The van der Waals surface area contributed by atoms with Crippen LogP contribution in [0.25, 0.3) is 17.0 Å². The van der Waals surface area contributed by atoms with E-state index in [4.69, 9.17) is 9.15 Å². The number of aryl methyl sites for hydroxylation is 1. The van der Waals surface area contributed by atoms with E-state index in [1.165, 1.54) is 11.8 Å². The van der Waals surface area contributed by atoms with Crippen LogP contribution in [0, 0.1) is 0 Å². The van der Waals surface area contributed by atoms with Crippen LogP contribution >= 0.6 is 0 Å². The van der Waals surface area contributed by atoms with Gasteiger partial charge in [0.25, 0.3) is 10.0 Å². The van der Waals surface area contributed by atoms with Crippen molar-refractivity contribution < 1.29 is 22.7 Å². The number of anilines is 1. The number of furan rings is 1. The average Bonchev–Trinajstić information content (AvgIpc) is 3.29. The standard InChI is InChI=1S/C28H29NO5S/c1-2-8-22-10-3-5-13-26(22)33-18-17-24(30)16-15-21-9-7-11-23(19-21)29-35(31,32)28-20-34-27-14-6-4-12-25(27)28/h3-7,9-16,19-20,24,29-30H,2,8,17-18H2,1H3/b16-15+/t24-/m0/s1. The summed E-state index contributed by atoms with van der Waals surface area (Å²) in [6.07, 6.45) is 6.44. The van der Waals surface area contributed by atoms with Gasteiger partial charge in [0.2, 0.25) is 0 Å². The largest absolute Gasteiger partial charge is 0.493 e. The maximum absolute atomic E-state index is 12.9. The molecule has 0 saturated carbocycles. The van der Waals surface area contributed by atoms with E-state index in [1.807, 2.05) is 24.3 Å². The zero-order valence-corrected chi connectivity index (χ0v) is 20.4. The Morgan fingerprint density at radius 1 is 1.06 bits per heavy atom. The number of para-hydroxylation sites is 2. The number of hydrogen-bond acceptors (Lipinski definition) is 5. The monoisotopic (exact) mass is 491 g/mol. The van der Waals surface area contributed by atoms with Gasteiger partial charge in [-0.1, -0.05) is 68.0 Å². The molecule has 0 aliphatic heterocycles. The normalized spacial score (nSPS) is 12.7. The molecule has 3 aromatic carbocycles. The summed E-state index contributed by atoms with van der Waals surface area (Å²) in [7, 11) is -3.82. The Kier molecular flexibility index (Phi) is 7.90. The molecule has 1 atom stereocenters. The second-order valence-electron chi connectivity index (χ2n) is 8.25.